The lowest BCUT2D eigenvalue weighted by molar-refractivity contribution is 0.111. The van der Waals surface area contributed by atoms with Crippen LogP contribution in [-0.4, -0.2) is 6.29 Å². The summed E-state index contributed by atoms with van der Waals surface area (Å²) < 4.78 is 13.5. The van der Waals surface area contributed by atoms with E-state index >= 15 is 0 Å². The fourth-order valence-electron chi connectivity index (χ4n) is 1.01. The molecular weight excluding hydrogens is 223 g/mol. The monoisotopic (exact) mass is 230 g/mol. The van der Waals surface area contributed by atoms with Gasteiger partial charge in [-0.3, -0.25) is 4.79 Å². The molecule has 0 radical (unpaired) electrons. The molecule has 0 saturated carbocycles. The van der Waals surface area contributed by atoms with Crippen molar-refractivity contribution >= 4 is 22.2 Å². The van der Waals surface area contributed by atoms with Gasteiger partial charge in [-0.1, -0.05) is 0 Å². The average Bonchev–Trinajstić information content (AvgIpc) is 2.02. The highest BCUT2D eigenvalue weighted by Gasteiger charge is 2.10. The van der Waals surface area contributed by atoms with Crippen LogP contribution in [0.25, 0.3) is 0 Å². The summed E-state index contributed by atoms with van der Waals surface area (Å²) in [6.45, 7) is 3.57. The Bertz CT molecular complexity index is 308. The molecule has 0 fully saturated rings. The normalized spacial score (nSPS) is 10.0. The molecule has 0 aliphatic rings. The number of carbonyl (C=O) groups excluding carboxylic acids is 1. The van der Waals surface area contributed by atoms with Crippen molar-refractivity contribution in [1.82, 2.24) is 0 Å². The molecule has 1 nitrogen and oxygen atoms in total. The van der Waals surface area contributed by atoms with Gasteiger partial charge < -0.3 is 0 Å². The summed E-state index contributed by atoms with van der Waals surface area (Å²) in [4.78, 5) is 10.5. The van der Waals surface area contributed by atoms with Crippen molar-refractivity contribution < 1.29 is 9.18 Å². The second-order valence-corrected chi connectivity index (χ2v) is 3.50. The summed E-state index contributed by atoms with van der Waals surface area (Å²) in [5.74, 6) is -0.479. The van der Waals surface area contributed by atoms with Crippen molar-refractivity contribution in [2.75, 3.05) is 0 Å². The first kappa shape index (κ1) is 9.39. The number of rotatable bonds is 1. The number of hydrogen-bond acceptors (Lipinski definition) is 1. The van der Waals surface area contributed by atoms with Crippen molar-refractivity contribution in [1.29, 1.82) is 0 Å². The van der Waals surface area contributed by atoms with Gasteiger partial charge in [-0.05, 0) is 47.0 Å². The minimum atomic E-state index is -0.479. The van der Waals surface area contributed by atoms with Gasteiger partial charge in [0.2, 0.25) is 0 Å². The van der Waals surface area contributed by atoms with Gasteiger partial charge in [0.1, 0.15) is 5.82 Å². The summed E-state index contributed by atoms with van der Waals surface area (Å²) in [6.07, 6.45) is 0.544. The molecule has 1 rings (SSSR count). The number of aryl methyl sites for hydroxylation is 1. The molecule has 0 N–H and O–H groups in total. The first-order valence-electron chi connectivity index (χ1n) is 3.48. The lowest BCUT2D eigenvalue weighted by Crippen LogP contribution is -1.96. The third-order valence-corrected chi connectivity index (χ3v) is 2.48. The van der Waals surface area contributed by atoms with Gasteiger partial charge in [-0.2, -0.15) is 0 Å². The second-order valence-electron chi connectivity index (χ2n) is 2.65. The van der Waals surface area contributed by atoms with E-state index in [1.807, 2.05) is 6.92 Å². The molecule has 0 atom stereocenters. The maximum atomic E-state index is 13.2. The molecule has 0 amide bonds. The van der Waals surface area contributed by atoms with E-state index in [-0.39, 0.29) is 5.56 Å². The molecule has 1 aromatic carbocycles. The van der Waals surface area contributed by atoms with Crippen LogP contribution in [0.1, 0.15) is 21.5 Å². The van der Waals surface area contributed by atoms with Gasteiger partial charge >= 0.3 is 0 Å². The zero-order valence-electron chi connectivity index (χ0n) is 6.82. The van der Waals surface area contributed by atoms with Gasteiger partial charge in [0.25, 0.3) is 0 Å². The number of hydrogen-bond donors (Lipinski definition) is 0. The van der Waals surface area contributed by atoms with Crippen LogP contribution in [0, 0.1) is 19.7 Å². The zero-order chi connectivity index (χ0) is 9.30. The van der Waals surface area contributed by atoms with Gasteiger partial charge in [0, 0.05) is 0 Å². The molecule has 1 aromatic rings. The Kier molecular flexibility index (Phi) is 2.62. The van der Waals surface area contributed by atoms with Crippen LogP contribution >= 0.6 is 15.9 Å². The fourth-order valence-corrected chi connectivity index (χ4v) is 1.56. The molecule has 0 aliphatic heterocycles. The lowest BCUT2D eigenvalue weighted by atomic mass is 10.0. The fraction of sp³-hybridized carbons (Fsp3) is 0.222. The van der Waals surface area contributed by atoms with E-state index in [2.05, 4.69) is 15.9 Å². The Hall–Kier alpha value is -0.700. The van der Waals surface area contributed by atoms with Gasteiger partial charge in [-0.15, -0.1) is 0 Å². The van der Waals surface area contributed by atoms with Crippen LogP contribution in [0.15, 0.2) is 10.5 Å². The Labute approximate surface area is 78.7 Å². The second kappa shape index (κ2) is 3.35. The summed E-state index contributed by atoms with van der Waals surface area (Å²) in [7, 11) is 0. The highest BCUT2D eigenvalue weighted by atomic mass is 79.9. The molecule has 0 spiro atoms. The van der Waals surface area contributed by atoms with E-state index < -0.39 is 5.82 Å². The Morgan fingerprint density at radius 1 is 1.50 bits per heavy atom. The van der Waals surface area contributed by atoms with Crippen molar-refractivity contribution in [3.05, 3.63) is 33.0 Å². The molecule has 64 valence electrons. The maximum absolute atomic E-state index is 13.2. The third kappa shape index (κ3) is 1.41. The molecule has 0 unspecified atom stereocenters. The predicted octanol–water partition coefficient (Wildman–Crippen LogP) is 3.02. The minimum Gasteiger partial charge on any atom is -0.298 e. The van der Waals surface area contributed by atoms with Crippen molar-refractivity contribution in [3.8, 4) is 0 Å². The summed E-state index contributed by atoms with van der Waals surface area (Å²) in [5.41, 5.74) is 1.75. The van der Waals surface area contributed by atoms with Crippen LogP contribution in [-0.2, 0) is 0 Å². The molecule has 0 heterocycles. The maximum Gasteiger partial charge on any atom is 0.153 e. The van der Waals surface area contributed by atoms with Crippen LogP contribution < -0.4 is 0 Å². The van der Waals surface area contributed by atoms with Crippen molar-refractivity contribution in [2.24, 2.45) is 0 Å². The number of aldehydes is 1. The molecule has 0 saturated heterocycles. The molecule has 3 heteroatoms. The van der Waals surface area contributed by atoms with Gasteiger partial charge in [0.15, 0.2) is 6.29 Å². The molecule has 0 bridgehead atoms. The quantitative estimate of drug-likeness (QED) is 0.679. The van der Waals surface area contributed by atoms with Crippen LogP contribution in [0.4, 0.5) is 4.39 Å². The first-order valence-corrected chi connectivity index (χ1v) is 4.27. The SMILES string of the molecule is Cc1cc(Br)c(F)c(C=O)c1C. The van der Waals surface area contributed by atoms with E-state index in [0.29, 0.717) is 16.3 Å². The number of halogens is 2. The molecule has 12 heavy (non-hydrogen) atoms. The van der Waals surface area contributed by atoms with Gasteiger partial charge in [-0.25, -0.2) is 4.39 Å². The Morgan fingerprint density at radius 3 is 2.58 bits per heavy atom. The van der Waals surface area contributed by atoms with Crippen molar-refractivity contribution in [3.63, 3.8) is 0 Å². The predicted molar refractivity (Wildman–Crippen MR) is 49.0 cm³/mol. The standard InChI is InChI=1S/C9H8BrFO/c1-5-3-8(10)9(11)7(4-12)6(5)2/h3-4H,1-2H3. The molecule has 0 aliphatic carbocycles. The van der Waals surface area contributed by atoms with Crippen LogP contribution in [0.3, 0.4) is 0 Å². The minimum absolute atomic E-state index is 0.141. The Morgan fingerprint density at radius 2 is 2.08 bits per heavy atom. The molecule has 0 aromatic heterocycles. The van der Waals surface area contributed by atoms with Crippen LogP contribution in [0.2, 0.25) is 0 Å². The summed E-state index contributed by atoms with van der Waals surface area (Å²) in [5, 5.41) is 0. The lowest BCUT2D eigenvalue weighted by Gasteiger charge is -2.05. The smallest absolute Gasteiger partial charge is 0.153 e. The van der Waals surface area contributed by atoms with E-state index in [9.17, 15) is 9.18 Å². The molecular formula is C9H8BrFO. The number of carbonyl (C=O) groups is 1. The Balaban J connectivity index is 3.52. The van der Waals surface area contributed by atoms with E-state index in [1.165, 1.54) is 0 Å². The average molecular weight is 231 g/mol. The zero-order valence-corrected chi connectivity index (χ0v) is 8.40. The largest absolute Gasteiger partial charge is 0.298 e. The third-order valence-electron chi connectivity index (χ3n) is 1.90. The van der Waals surface area contributed by atoms with E-state index in [0.717, 1.165) is 5.56 Å². The first-order chi connectivity index (χ1) is 5.57. The van der Waals surface area contributed by atoms with Gasteiger partial charge in [0.05, 0.1) is 10.0 Å². The summed E-state index contributed by atoms with van der Waals surface area (Å²) >= 11 is 3.04. The van der Waals surface area contributed by atoms with E-state index in [4.69, 9.17) is 0 Å². The van der Waals surface area contributed by atoms with Crippen LogP contribution in [0.5, 0.6) is 0 Å². The number of benzene rings is 1. The highest BCUT2D eigenvalue weighted by Crippen LogP contribution is 2.23. The topological polar surface area (TPSA) is 17.1 Å². The van der Waals surface area contributed by atoms with Crippen molar-refractivity contribution in [2.45, 2.75) is 13.8 Å². The highest BCUT2D eigenvalue weighted by molar-refractivity contribution is 9.10. The summed E-state index contributed by atoms with van der Waals surface area (Å²) in [6, 6.07) is 1.66. The van der Waals surface area contributed by atoms with E-state index in [1.54, 1.807) is 13.0 Å².